The normalized spacial score (nSPS) is 15.7. The van der Waals surface area contributed by atoms with E-state index in [0.29, 0.717) is 5.54 Å². The molecule has 0 heterocycles. The van der Waals surface area contributed by atoms with Gasteiger partial charge in [-0.1, -0.05) is 104 Å². The molecule has 0 saturated heterocycles. The SMILES string of the molecule is CC(=O)OC[C@H](C)[C@@H](OC(C)=O)[C@@H](C)C/C(C)=C\[C@H](c1ccccc1)[Si](C)(C)c1ccccc1. The summed E-state index contributed by atoms with van der Waals surface area (Å²) in [6.07, 6.45) is 2.90. The van der Waals surface area contributed by atoms with Crippen LogP contribution in [0.25, 0.3) is 0 Å². The average molecular weight is 481 g/mol. The predicted molar refractivity (Wildman–Crippen MR) is 142 cm³/mol. The summed E-state index contributed by atoms with van der Waals surface area (Å²) in [6.45, 7) is 14.2. The third kappa shape index (κ3) is 7.98. The van der Waals surface area contributed by atoms with Gasteiger partial charge in [0.25, 0.3) is 0 Å². The topological polar surface area (TPSA) is 52.6 Å². The van der Waals surface area contributed by atoms with Crippen LogP contribution in [0, 0.1) is 11.8 Å². The molecule has 0 N–H and O–H groups in total. The van der Waals surface area contributed by atoms with E-state index in [2.05, 4.69) is 93.7 Å². The molecule has 34 heavy (non-hydrogen) atoms. The highest BCUT2D eigenvalue weighted by Crippen LogP contribution is 2.32. The summed E-state index contributed by atoms with van der Waals surface area (Å²) in [5.41, 5.74) is 2.92. The molecule has 0 amide bonds. The van der Waals surface area contributed by atoms with Crippen LogP contribution in [-0.2, 0) is 19.1 Å². The van der Waals surface area contributed by atoms with Gasteiger partial charge in [0, 0.05) is 25.3 Å². The lowest BCUT2D eigenvalue weighted by molar-refractivity contribution is -0.155. The highest BCUT2D eigenvalue weighted by atomic mass is 28.3. The monoisotopic (exact) mass is 480 g/mol. The zero-order valence-corrected chi connectivity index (χ0v) is 22.7. The molecule has 0 aliphatic carbocycles. The van der Waals surface area contributed by atoms with Gasteiger partial charge in [-0.25, -0.2) is 0 Å². The van der Waals surface area contributed by atoms with Crippen molar-refractivity contribution >= 4 is 25.2 Å². The van der Waals surface area contributed by atoms with Crippen LogP contribution >= 0.6 is 0 Å². The van der Waals surface area contributed by atoms with Gasteiger partial charge >= 0.3 is 11.9 Å². The third-order valence-electron chi connectivity index (χ3n) is 6.52. The van der Waals surface area contributed by atoms with Crippen molar-refractivity contribution in [1.82, 2.24) is 0 Å². The smallest absolute Gasteiger partial charge is 0.302 e. The molecular weight excluding hydrogens is 440 g/mol. The van der Waals surface area contributed by atoms with Gasteiger partial charge in [-0.05, 0) is 24.8 Å². The molecule has 0 saturated carbocycles. The molecule has 0 aliphatic heterocycles. The van der Waals surface area contributed by atoms with Gasteiger partial charge in [0.1, 0.15) is 6.10 Å². The maximum atomic E-state index is 11.8. The minimum Gasteiger partial charge on any atom is -0.465 e. The van der Waals surface area contributed by atoms with Crippen LogP contribution in [0.4, 0.5) is 0 Å². The van der Waals surface area contributed by atoms with E-state index < -0.39 is 8.07 Å². The standard InChI is InChI=1S/C29H40O4Si/c1-21(18-22(2)29(33-25(5)31)23(3)20-32-24(4)30)19-28(26-14-10-8-11-15-26)34(6,7)27-16-12-9-13-17-27/h8-17,19,22-23,28-29H,18,20H2,1-7H3/b21-19-/t22-,23-,28+,29-/m0/s1. The Morgan fingerprint density at radius 1 is 0.853 bits per heavy atom. The lowest BCUT2D eigenvalue weighted by atomic mass is 9.88. The number of hydrogen-bond acceptors (Lipinski definition) is 4. The largest absolute Gasteiger partial charge is 0.465 e. The first-order chi connectivity index (χ1) is 16.0. The van der Waals surface area contributed by atoms with E-state index in [0.717, 1.165) is 6.42 Å². The Kier molecular flexibility index (Phi) is 10.3. The first kappa shape index (κ1) is 27.6. The quantitative estimate of drug-likeness (QED) is 0.224. The predicted octanol–water partition coefficient (Wildman–Crippen LogP) is 6.03. The van der Waals surface area contributed by atoms with Gasteiger partial charge in [-0.3, -0.25) is 9.59 Å². The third-order valence-corrected chi connectivity index (χ3v) is 10.4. The van der Waals surface area contributed by atoms with E-state index in [1.165, 1.54) is 30.2 Å². The molecule has 0 aliphatic rings. The highest BCUT2D eigenvalue weighted by molar-refractivity contribution is 6.91. The van der Waals surface area contributed by atoms with Crippen molar-refractivity contribution in [1.29, 1.82) is 0 Å². The summed E-state index contributed by atoms with van der Waals surface area (Å²) in [4.78, 5) is 23.1. The van der Waals surface area contributed by atoms with E-state index >= 15 is 0 Å². The molecule has 2 aromatic carbocycles. The first-order valence-electron chi connectivity index (χ1n) is 12.1. The van der Waals surface area contributed by atoms with Crippen LogP contribution < -0.4 is 5.19 Å². The molecule has 4 atom stereocenters. The van der Waals surface area contributed by atoms with E-state index in [4.69, 9.17) is 9.47 Å². The van der Waals surface area contributed by atoms with E-state index in [1.807, 2.05) is 6.92 Å². The highest BCUT2D eigenvalue weighted by Gasteiger charge is 2.34. The minimum absolute atomic E-state index is 0.0867. The fraction of sp³-hybridized carbons (Fsp3) is 0.448. The van der Waals surface area contributed by atoms with Gasteiger partial charge in [-0.2, -0.15) is 0 Å². The summed E-state index contributed by atoms with van der Waals surface area (Å²) in [6, 6.07) is 21.5. The Morgan fingerprint density at radius 2 is 1.41 bits per heavy atom. The number of ether oxygens (including phenoxy) is 2. The second kappa shape index (κ2) is 12.7. The number of benzene rings is 2. The van der Waals surface area contributed by atoms with Crippen molar-refractivity contribution in [2.45, 2.75) is 65.8 Å². The van der Waals surface area contributed by atoms with Crippen molar-refractivity contribution < 1.29 is 19.1 Å². The van der Waals surface area contributed by atoms with Gasteiger partial charge < -0.3 is 9.47 Å². The Hall–Kier alpha value is -2.66. The lowest BCUT2D eigenvalue weighted by Gasteiger charge is -2.33. The number of carbonyl (C=O) groups is 2. The van der Waals surface area contributed by atoms with Crippen molar-refractivity contribution in [2.24, 2.45) is 11.8 Å². The molecule has 0 unspecified atom stereocenters. The Balaban J connectivity index is 2.32. The van der Waals surface area contributed by atoms with Crippen molar-refractivity contribution in [3.8, 4) is 0 Å². The number of esters is 2. The first-order valence-corrected chi connectivity index (χ1v) is 15.2. The summed E-state index contributed by atoms with van der Waals surface area (Å²) < 4.78 is 10.9. The van der Waals surface area contributed by atoms with Crippen molar-refractivity contribution in [3.63, 3.8) is 0 Å². The molecule has 0 fully saturated rings. The summed E-state index contributed by atoms with van der Waals surface area (Å²) in [5, 5.41) is 1.42. The van der Waals surface area contributed by atoms with Gasteiger partial charge in [0.2, 0.25) is 0 Å². The number of hydrogen-bond donors (Lipinski definition) is 0. The molecule has 2 aromatic rings. The molecule has 2 rings (SSSR count). The van der Waals surface area contributed by atoms with Crippen molar-refractivity contribution in [3.05, 3.63) is 77.9 Å². The average Bonchev–Trinajstić information content (AvgIpc) is 2.80. The van der Waals surface area contributed by atoms with Crippen molar-refractivity contribution in [2.75, 3.05) is 6.61 Å². The molecule has 4 nitrogen and oxygen atoms in total. The minimum atomic E-state index is -1.88. The number of rotatable bonds is 11. The zero-order valence-electron chi connectivity index (χ0n) is 21.7. The van der Waals surface area contributed by atoms with Gasteiger partial charge in [-0.15, -0.1) is 0 Å². The molecule has 0 radical (unpaired) electrons. The zero-order chi connectivity index (χ0) is 25.3. The van der Waals surface area contributed by atoms with Crippen LogP contribution in [-0.4, -0.2) is 32.7 Å². The van der Waals surface area contributed by atoms with Crippen LogP contribution in [0.1, 0.15) is 52.1 Å². The molecule has 0 spiro atoms. The fourth-order valence-corrected chi connectivity index (χ4v) is 7.87. The van der Waals surface area contributed by atoms with Crippen LogP contribution in [0.15, 0.2) is 72.3 Å². The Labute approximate surface area is 206 Å². The second-order valence-electron chi connectivity index (χ2n) is 10.0. The Bertz CT molecular complexity index is 953. The van der Waals surface area contributed by atoms with E-state index in [1.54, 1.807) is 0 Å². The van der Waals surface area contributed by atoms with E-state index in [9.17, 15) is 9.59 Å². The summed E-state index contributed by atoms with van der Waals surface area (Å²) >= 11 is 0. The molecule has 0 aromatic heterocycles. The Morgan fingerprint density at radius 3 is 1.94 bits per heavy atom. The molecule has 0 bridgehead atoms. The van der Waals surface area contributed by atoms with Crippen LogP contribution in [0.5, 0.6) is 0 Å². The lowest BCUT2D eigenvalue weighted by Crippen LogP contribution is -2.47. The fourth-order valence-electron chi connectivity index (χ4n) is 4.73. The van der Waals surface area contributed by atoms with Gasteiger partial charge in [0.05, 0.1) is 14.7 Å². The number of carbonyl (C=O) groups excluding carboxylic acids is 2. The number of allylic oxidation sites excluding steroid dienone is 2. The molecule has 5 heteroatoms. The second-order valence-corrected chi connectivity index (χ2v) is 14.7. The maximum absolute atomic E-state index is 11.8. The van der Waals surface area contributed by atoms with Gasteiger partial charge in [0.15, 0.2) is 0 Å². The molecular formula is C29H40O4Si. The maximum Gasteiger partial charge on any atom is 0.302 e. The molecule has 184 valence electrons. The van der Waals surface area contributed by atoms with Crippen LogP contribution in [0.3, 0.4) is 0 Å². The van der Waals surface area contributed by atoms with Crippen LogP contribution in [0.2, 0.25) is 13.1 Å². The summed E-state index contributed by atoms with van der Waals surface area (Å²) in [7, 11) is -1.88. The summed E-state index contributed by atoms with van der Waals surface area (Å²) in [5.74, 6) is -0.636. The van der Waals surface area contributed by atoms with E-state index in [-0.39, 0.29) is 36.5 Å².